The molecule has 0 aliphatic rings. The maximum absolute atomic E-state index is 13.2. The standard InChI is InChI=1S/C21H19FN2O2/c1-2-12-26-20-11-10-15-6-3-4-9-18(15)19(20)14-23-24-21(25)16-7-5-8-17(22)13-16/h3-11,13-14H,2,12H2,1H3,(H,24,25)/b23-14-. The zero-order chi connectivity index (χ0) is 18.4. The summed E-state index contributed by atoms with van der Waals surface area (Å²) in [4.78, 5) is 12.1. The Balaban J connectivity index is 1.86. The van der Waals surface area contributed by atoms with E-state index in [1.165, 1.54) is 24.3 Å². The molecule has 0 bridgehead atoms. The van der Waals surface area contributed by atoms with E-state index in [1.54, 1.807) is 6.21 Å². The molecule has 5 heteroatoms. The van der Waals surface area contributed by atoms with Crippen LogP contribution in [0.4, 0.5) is 4.39 Å². The molecule has 0 unspecified atom stereocenters. The average molecular weight is 350 g/mol. The fraction of sp³-hybridized carbons (Fsp3) is 0.143. The number of fused-ring (bicyclic) bond motifs is 1. The van der Waals surface area contributed by atoms with E-state index in [0.29, 0.717) is 12.4 Å². The van der Waals surface area contributed by atoms with E-state index in [2.05, 4.69) is 10.5 Å². The number of hydrazone groups is 1. The summed E-state index contributed by atoms with van der Waals surface area (Å²) >= 11 is 0. The second kappa shape index (κ2) is 8.25. The van der Waals surface area contributed by atoms with E-state index >= 15 is 0 Å². The van der Waals surface area contributed by atoms with Crippen molar-refractivity contribution >= 4 is 22.9 Å². The zero-order valence-electron chi connectivity index (χ0n) is 14.4. The van der Waals surface area contributed by atoms with Crippen LogP contribution >= 0.6 is 0 Å². The molecule has 0 aromatic heterocycles. The number of carbonyl (C=O) groups is 1. The summed E-state index contributed by atoms with van der Waals surface area (Å²) in [5, 5.41) is 6.07. The Kier molecular flexibility index (Phi) is 5.59. The number of nitrogens with one attached hydrogen (secondary N) is 1. The number of amides is 1. The average Bonchev–Trinajstić information content (AvgIpc) is 2.67. The number of ether oxygens (including phenoxy) is 1. The van der Waals surface area contributed by atoms with Crippen LogP contribution in [0.25, 0.3) is 10.8 Å². The molecular weight excluding hydrogens is 331 g/mol. The van der Waals surface area contributed by atoms with Crippen LogP contribution in [0, 0.1) is 5.82 Å². The van der Waals surface area contributed by atoms with Gasteiger partial charge < -0.3 is 4.74 Å². The third-order valence-corrected chi connectivity index (χ3v) is 3.84. The topological polar surface area (TPSA) is 50.7 Å². The van der Waals surface area contributed by atoms with E-state index in [4.69, 9.17) is 4.74 Å². The third-order valence-electron chi connectivity index (χ3n) is 3.84. The van der Waals surface area contributed by atoms with Gasteiger partial charge in [-0.15, -0.1) is 0 Å². The van der Waals surface area contributed by atoms with Crippen LogP contribution in [0.15, 0.2) is 65.8 Å². The fourth-order valence-corrected chi connectivity index (χ4v) is 2.60. The molecule has 0 fully saturated rings. The van der Waals surface area contributed by atoms with Crippen LogP contribution in [-0.2, 0) is 0 Å². The van der Waals surface area contributed by atoms with Crippen LogP contribution in [-0.4, -0.2) is 18.7 Å². The minimum Gasteiger partial charge on any atom is -0.493 e. The summed E-state index contributed by atoms with van der Waals surface area (Å²) in [6.45, 7) is 2.63. The van der Waals surface area contributed by atoms with Gasteiger partial charge in [-0.25, -0.2) is 9.82 Å². The zero-order valence-corrected chi connectivity index (χ0v) is 14.4. The van der Waals surface area contributed by atoms with Gasteiger partial charge in [0.25, 0.3) is 5.91 Å². The molecule has 0 aliphatic carbocycles. The highest BCUT2D eigenvalue weighted by Crippen LogP contribution is 2.26. The largest absolute Gasteiger partial charge is 0.493 e. The summed E-state index contributed by atoms with van der Waals surface area (Å²) in [6, 6.07) is 17.2. The van der Waals surface area contributed by atoms with Crippen LogP contribution in [0.3, 0.4) is 0 Å². The number of benzene rings is 3. The van der Waals surface area contributed by atoms with E-state index in [0.717, 1.165) is 22.8 Å². The second-order valence-corrected chi connectivity index (χ2v) is 5.76. The number of carbonyl (C=O) groups excluding carboxylic acids is 1. The van der Waals surface area contributed by atoms with Gasteiger partial charge in [-0.2, -0.15) is 5.10 Å². The molecule has 0 atom stereocenters. The highest BCUT2D eigenvalue weighted by atomic mass is 19.1. The fourth-order valence-electron chi connectivity index (χ4n) is 2.60. The maximum Gasteiger partial charge on any atom is 0.271 e. The molecule has 0 saturated carbocycles. The van der Waals surface area contributed by atoms with Crippen LogP contribution < -0.4 is 10.2 Å². The van der Waals surface area contributed by atoms with E-state index in [9.17, 15) is 9.18 Å². The molecule has 1 N–H and O–H groups in total. The SMILES string of the molecule is CCCOc1ccc2ccccc2c1/C=N\NC(=O)c1cccc(F)c1. The highest BCUT2D eigenvalue weighted by molar-refractivity contribution is 6.03. The van der Waals surface area contributed by atoms with Gasteiger partial charge in [0, 0.05) is 11.1 Å². The molecular formula is C21H19FN2O2. The molecule has 0 spiro atoms. The van der Waals surface area contributed by atoms with E-state index < -0.39 is 11.7 Å². The molecule has 3 aromatic rings. The first kappa shape index (κ1) is 17.6. The molecule has 0 saturated heterocycles. The van der Waals surface area contributed by atoms with Crippen molar-refractivity contribution in [3.8, 4) is 5.75 Å². The quantitative estimate of drug-likeness (QED) is 0.524. The van der Waals surface area contributed by atoms with Crippen molar-refractivity contribution in [2.45, 2.75) is 13.3 Å². The van der Waals surface area contributed by atoms with Crippen molar-refractivity contribution < 1.29 is 13.9 Å². The Morgan fingerprint density at radius 1 is 1.15 bits per heavy atom. The van der Waals surface area contributed by atoms with Gasteiger partial charge in [0.2, 0.25) is 0 Å². The Hall–Kier alpha value is -3.21. The maximum atomic E-state index is 13.2. The second-order valence-electron chi connectivity index (χ2n) is 5.76. The van der Waals surface area contributed by atoms with Gasteiger partial charge >= 0.3 is 0 Å². The van der Waals surface area contributed by atoms with E-state index in [-0.39, 0.29) is 5.56 Å². The van der Waals surface area contributed by atoms with Crippen molar-refractivity contribution in [3.05, 3.63) is 77.6 Å². The van der Waals surface area contributed by atoms with Crippen LogP contribution in [0.5, 0.6) is 5.75 Å². The lowest BCUT2D eigenvalue weighted by molar-refractivity contribution is 0.0954. The Bertz CT molecular complexity index is 954. The van der Waals surface area contributed by atoms with Gasteiger partial charge in [-0.1, -0.05) is 43.3 Å². The van der Waals surface area contributed by atoms with Crippen molar-refractivity contribution in [1.82, 2.24) is 5.43 Å². The van der Waals surface area contributed by atoms with Crippen LogP contribution in [0.1, 0.15) is 29.3 Å². The summed E-state index contributed by atoms with van der Waals surface area (Å²) in [5.74, 6) is -0.239. The monoisotopic (exact) mass is 350 g/mol. The summed E-state index contributed by atoms with van der Waals surface area (Å²) in [6.07, 6.45) is 2.45. The smallest absolute Gasteiger partial charge is 0.271 e. The number of hydrogen-bond donors (Lipinski definition) is 1. The molecule has 0 heterocycles. The first-order valence-corrected chi connectivity index (χ1v) is 8.42. The third kappa shape index (κ3) is 4.06. The van der Waals surface area contributed by atoms with Crippen molar-refractivity contribution in [3.63, 3.8) is 0 Å². The molecule has 132 valence electrons. The summed E-state index contributed by atoms with van der Waals surface area (Å²) in [5.41, 5.74) is 3.43. The number of hydrogen-bond acceptors (Lipinski definition) is 3. The van der Waals surface area contributed by atoms with Crippen molar-refractivity contribution in [2.75, 3.05) is 6.61 Å². The van der Waals surface area contributed by atoms with E-state index in [1.807, 2.05) is 43.3 Å². The van der Waals surface area contributed by atoms with Gasteiger partial charge in [-0.3, -0.25) is 4.79 Å². The van der Waals surface area contributed by atoms with Crippen molar-refractivity contribution in [1.29, 1.82) is 0 Å². The lowest BCUT2D eigenvalue weighted by Crippen LogP contribution is -2.17. The highest BCUT2D eigenvalue weighted by Gasteiger charge is 2.08. The number of nitrogens with zero attached hydrogens (tertiary/aromatic N) is 1. The molecule has 26 heavy (non-hydrogen) atoms. The van der Waals surface area contributed by atoms with Crippen molar-refractivity contribution in [2.24, 2.45) is 5.10 Å². The predicted octanol–water partition coefficient (Wildman–Crippen LogP) is 4.53. The minimum atomic E-state index is -0.475. The van der Waals surface area contributed by atoms with Crippen LogP contribution in [0.2, 0.25) is 0 Å². The van der Waals surface area contributed by atoms with Gasteiger partial charge in [0.1, 0.15) is 11.6 Å². The first-order chi connectivity index (χ1) is 12.7. The Morgan fingerprint density at radius 2 is 2.00 bits per heavy atom. The molecule has 4 nitrogen and oxygen atoms in total. The lowest BCUT2D eigenvalue weighted by atomic mass is 10.0. The molecule has 0 aliphatic heterocycles. The molecule has 3 aromatic carbocycles. The normalized spacial score (nSPS) is 11.0. The number of rotatable bonds is 6. The minimum absolute atomic E-state index is 0.211. The van der Waals surface area contributed by atoms with Gasteiger partial charge in [-0.05, 0) is 41.5 Å². The van der Waals surface area contributed by atoms with Gasteiger partial charge in [0.05, 0.1) is 12.8 Å². The molecule has 0 radical (unpaired) electrons. The molecule has 1 amide bonds. The Morgan fingerprint density at radius 3 is 2.81 bits per heavy atom. The van der Waals surface area contributed by atoms with Gasteiger partial charge in [0.15, 0.2) is 0 Å². The Labute approximate surface area is 151 Å². The predicted molar refractivity (Wildman–Crippen MR) is 101 cm³/mol. The lowest BCUT2D eigenvalue weighted by Gasteiger charge is -2.11. The summed E-state index contributed by atoms with van der Waals surface area (Å²) < 4.78 is 19.0. The summed E-state index contributed by atoms with van der Waals surface area (Å²) in [7, 11) is 0. The first-order valence-electron chi connectivity index (χ1n) is 8.42. The number of halogens is 1. The molecule has 3 rings (SSSR count).